The Kier molecular flexibility index (Phi) is 4.80. The van der Waals surface area contributed by atoms with E-state index in [0.717, 1.165) is 24.1 Å². The molecule has 1 aliphatic rings. The second kappa shape index (κ2) is 6.36. The predicted molar refractivity (Wildman–Crippen MR) is 76.5 cm³/mol. The molecule has 0 saturated carbocycles. The number of aldehydes is 1. The van der Waals surface area contributed by atoms with Crippen LogP contribution in [0.15, 0.2) is 30.3 Å². The highest BCUT2D eigenvalue weighted by Crippen LogP contribution is 2.27. The van der Waals surface area contributed by atoms with Gasteiger partial charge in [-0.25, -0.2) is 0 Å². The second-order valence-corrected chi connectivity index (χ2v) is 6.09. The van der Waals surface area contributed by atoms with Crippen molar-refractivity contribution in [3.05, 3.63) is 35.9 Å². The smallest absolute Gasteiger partial charge is 0.137 e. The van der Waals surface area contributed by atoms with E-state index in [2.05, 4.69) is 11.8 Å². The molecular weight excluding hydrogens is 244 g/mol. The molecule has 1 aromatic carbocycles. The van der Waals surface area contributed by atoms with Crippen molar-refractivity contribution in [3.63, 3.8) is 0 Å². The fourth-order valence-corrected chi connectivity index (χ4v) is 3.52. The van der Waals surface area contributed by atoms with Gasteiger partial charge in [-0.05, 0) is 18.9 Å². The predicted octanol–water partition coefficient (Wildman–Crippen LogP) is 2.04. The van der Waals surface area contributed by atoms with Gasteiger partial charge in [0.15, 0.2) is 0 Å². The van der Waals surface area contributed by atoms with Crippen molar-refractivity contribution in [2.24, 2.45) is 5.73 Å². The van der Waals surface area contributed by atoms with Gasteiger partial charge in [-0.15, -0.1) is 11.8 Å². The van der Waals surface area contributed by atoms with Crippen LogP contribution in [0.2, 0.25) is 0 Å². The van der Waals surface area contributed by atoms with Gasteiger partial charge < -0.3 is 10.5 Å². The van der Waals surface area contributed by atoms with Gasteiger partial charge in [-0.3, -0.25) is 4.90 Å². The average molecular weight is 264 g/mol. The fraction of sp³-hybridized carbons (Fsp3) is 0.500. The Balaban J connectivity index is 2.00. The number of nitrogens with two attached hydrogens (primary N) is 1. The molecule has 18 heavy (non-hydrogen) atoms. The summed E-state index contributed by atoms with van der Waals surface area (Å²) in [5.41, 5.74) is 7.29. The van der Waals surface area contributed by atoms with E-state index in [-0.39, 0.29) is 12.1 Å². The summed E-state index contributed by atoms with van der Waals surface area (Å²) < 4.78 is 0. The van der Waals surface area contributed by atoms with Crippen molar-refractivity contribution in [2.75, 3.05) is 12.3 Å². The van der Waals surface area contributed by atoms with Crippen molar-refractivity contribution in [1.82, 2.24) is 4.90 Å². The number of rotatable bonds is 5. The van der Waals surface area contributed by atoms with Gasteiger partial charge in [0.2, 0.25) is 0 Å². The molecule has 0 aliphatic carbocycles. The van der Waals surface area contributed by atoms with Crippen molar-refractivity contribution >= 4 is 18.0 Å². The third-order valence-electron chi connectivity index (χ3n) is 3.48. The van der Waals surface area contributed by atoms with Crippen molar-refractivity contribution in [1.29, 1.82) is 0 Å². The highest BCUT2D eigenvalue weighted by Gasteiger charge is 2.29. The molecule has 2 rings (SSSR count). The van der Waals surface area contributed by atoms with Gasteiger partial charge in [0.1, 0.15) is 6.29 Å². The number of hydrogen-bond donors (Lipinski definition) is 1. The molecule has 1 heterocycles. The Morgan fingerprint density at radius 1 is 1.50 bits per heavy atom. The van der Waals surface area contributed by atoms with E-state index in [1.54, 1.807) is 0 Å². The zero-order valence-electron chi connectivity index (χ0n) is 10.7. The fourth-order valence-electron chi connectivity index (χ4n) is 2.41. The van der Waals surface area contributed by atoms with Crippen molar-refractivity contribution in [2.45, 2.75) is 30.8 Å². The Labute approximate surface area is 113 Å². The van der Waals surface area contributed by atoms with Gasteiger partial charge in [0, 0.05) is 18.3 Å². The third-order valence-corrected chi connectivity index (χ3v) is 4.65. The van der Waals surface area contributed by atoms with Crippen molar-refractivity contribution in [3.8, 4) is 0 Å². The molecule has 0 aromatic heterocycles. The first-order valence-corrected chi connectivity index (χ1v) is 7.40. The summed E-state index contributed by atoms with van der Waals surface area (Å²) in [5, 5.41) is 0.420. The van der Waals surface area contributed by atoms with Crippen LogP contribution in [-0.4, -0.2) is 34.9 Å². The molecule has 98 valence electrons. The molecule has 1 fully saturated rings. The van der Waals surface area contributed by atoms with Crippen LogP contribution in [0.25, 0.3) is 0 Å². The van der Waals surface area contributed by atoms with Crippen LogP contribution < -0.4 is 5.73 Å². The van der Waals surface area contributed by atoms with Gasteiger partial charge in [0.05, 0.1) is 11.4 Å². The number of benzene rings is 1. The first kappa shape index (κ1) is 13.6. The molecule has 1 aromatic rings. The van der Waals surface area contributed by atoms with Crippen LogP contribution in [0.3, 0.4) is 0 Å². The number of carbonyl (C=O) groups is 1. The maximum Gasteiger partial charge on any atom is 0.137 e. The maximum absolute atomic E-state index is 11.3. The molecule has 0 amide bonds. The lowest BCUT2D eigenvalue weighted by atomic mass is 10.00. The highest BCUT2D eigenvalue weighted by atomic mass is 32.2. The minimum Gasteiger partial charge on any atom is -0.324 e. The lowest BCUT2D eigenvalue weighted by molar-refractivity contribution is -0.112. The SMILES string of the molecule is CC1SCCN1C(C=O)CC(N)c1ccccc1. The summed E-state index contributed by atoms with van der Waals surface area (Å²) in [7, 11) is 0. The maximum atomic E-state index is 11.3. The Bertz CT molecular complexity index is 385. The summed E-state index contributed by atoms with van der Waals surface area (Å²) in [6.07, 6.45) is 1.74. The molecule has 3 nitrogen and oxygen atoms in total. The molecule has 2 N–H and O–H groups in total. The number of carbonyl (C=O) groups excluding carboxylic acids is 1. The van der Waals surface area contributed by atoms with Crippen molar-refractivity contribution < 1.29 is 4.79 Å². The quantitative estimate of drug-likeness (QED) is 0.827. The normalized spacial score (nSPS) is 23.8. The number of nitrogens with zero attached hydrogens (tertiary/aromatic N) is 1. The summed E-state index contributed by atoms with van der Waals surface area (Å²) in [4.78, 5) is 13.5. The Hall–Kier alpha value is -0.840. The average Bonchev–Trinajstić information content (AvgIpc) is 2.83. The summed E-state index contributed by atoms with van der Waals surface area (Å²) >= 11 is 1.90. The van der Waals surface area contributed by atoms with Gasteiger partial charge in [-0.1, -0.05) is 30.3 Å². The Morgan fingerprint density at radius 2 is 2.22 bits per heavy atom. The second-order valence-electron chi connectivity index (χ2n) is 4.66. The van der Waals surface area contributed by atoms with Gasteiger partial charge in [-0.2, -0.15) is 0 Å². The zero-order valence-corrected chi connectivity index (χ0v) is 11.5. The largest absolute Gasteiger partial charge is 0.324 e. The molecule has 1 aliphatic heterocycles. The number of hydrogen-bond acceptors (Lipinski definition) is 4. The standard InChI is InChI=1S/C14H20N2OS/c1-11-16(7-8-18-11)13(10-17)9-14(15)12-5-3-2-4-6-12/h2-6,10-11,13-14H,7-9,15H2,1H3. The lowest BCUT2D eigenvalue weighted by Crippen LogP contribution is -2.40. The zero-order chi connectivity index (χ0) is 13.0. The van der Waals surface area contributed by atoms with E-state index in [9.17, 15) is 4.79 Å². The van der Waals surface area contributed by atoms with Crippen LogP contribution in [-0.2, 0) is 4.79 Å². The van der Waals surface area contributed by atoms with E-state index >= 15 is 0 Å². The molecule has 0 spiro atoms. The van der Waals surface area contributed by atoms with Crippen LogP contribution in [0.1, 0.15) is 24.9 Å². The van der Waals surface area contributed by atoms with Crippen LogP contribution in [0, 0.1) is 0 Å². The minimum absolute atomic E-state index is 0.0646. The van der Waals surface area contributed by atoms with Crippen LogP contribution in [0.4, 0.5) is 0 Å². The molecule has 1 saturated heterocycles. The molecule has 3 unspecified atom stereocenters. The van der Waals surface area contributed by atoms with E-state index in [4.69, 9.17) is 5.73 Å². The molecule has 0 radical (unpaired) electrons. The summed E-state index contributed by atoms with van der Waals surface area (Å²) in [5.74, 6) is 1.10. The molecule has 4 heteroatoms. The van der Waals surface area contributed by atoms with Gasteiger partial charge >= 0.3 is 0 Å². The van der Waals surface area contributed by atoms with E-state index in [1.165, 1.54) is 0 Å². The van der Waals surface area contributed by atoms with Gasteiger partial charge in [0.25, 0.3) is 0 Å². The molecular formula is C14H20N2OS. The Morgan fingerprint density at radius 3 is 2.78 bits per heavy atom. The first-order valence-electron chi connectivity index (χ1n) is 6.35. The van der Waals surface area contributed by atoms with Crippen LogP contribution >= 0.6 is 11.8 Å². The summed E-state index contributed by atoms with van der Waals surface area (Å²) in [6.45, 7) is 3.14. The number of thioether (sulfide) groups is 1. The third kappa shape index (κ3) is 3.13. The molecule has 3 atom stereocenters. The monoisotopic (exact) mass is 264 g/mol. The topological polar surface area (TPSA) is 46.3 Å². The molecule has 0 bridgehead atoms. The lowest BCUT2D eigenvalue weighted by Gasteiger charge is -2.28. The van der Waals surface area contributed by atoms with E-state index in [0.29, 0.717) is 11.8 Å². The van der Waals surface area contributed by atoms with E-state index < -0.39 is 0 Å². The highest BCUT2D eigenvalue weighted by molar-refractivity contribution is 8.00. The first-order chi connectivity index (χ1) is 8.72. The minimum atomic E-state index is -0.0702. The summed E-state index contributed by atoms with van der Waals surface area (Å²) in [6, 6.07) is 9.86. The van der Waals surface area contributed by atoms with Crippen LogP contribution in [0.5, 0.6) is 0 Å². The van der Waals surface area contributed by atoms with E-state index in [1.807, 2.05) is 42.1 Å².